The summed E-state index contributed by atoms with van der Waals surface area (Å²) in [5.74, 6) is -0.0552. The molecular weight excluding hydrogens is 286 g/mol. The van der Waals surface area contributed by atoms with Crippen LogP contribution >= 0.6 is 11.3 Å². The van der Waals surface area contributed by atoms with E-state index in [1.165, 1.54) is 16.2 Å². The summed E-state index contributed by atoms with van der Waals surface area (Å²) < 4.78 is 0. The number of amides is 2. The second-order valence-corrected chi connectivity index (χ2v) is 6.78. The van der Waals surface area contributed by atoms with Gasteiger partial charge in [0.15, 0.2) is 0 Å². The Balaban J connectivity index is 2.00. The van der Waals surface area contributed by atoms with E-state index in [4.69, 9.17) is 5.73 Å². The molecule has 1 unspecified atom stereocenters. The minimum Gasteiger partial charge on any atom is -0.355 e. The number of nitrogens with two attached hydrogens (primary N) is 1. The zero-order valence-electron chi connectivity index (χ0n) is 12.6. The van der Waals surface area contributed by atoms with Crippen molar-refractivity contribution in [1.29, 1.82) is 0 Å². The summed E-state index contributed by atoms with van der Waals surface area (Å²) >= 11 is 1.53. The van der Waals surface area contributed by atoms with Crippen LogP contribution < -0.4 is 11.1 Å². The van der Waals surface area contributed by atoms with Crippen LogP contribution in [0.15, 0.2) is 6.07 Å². The molecule has 0 spiro atoms. The van der Waals surface area contributed by atoms with Gasteiger partial charge < -0.3 is 16.0 Å². The molecule has 1 aliphatic rings. The lowest BCUT2D eigenvalue weighted by Crippen LogP contribution is -2.46. The van der Waals surface area contributed by atoms with E-state index in [-0.39, 0.29) is 17.7 Å². The maximum atomic E-state index is 12.5. The smallest absolute Gasteiger partial charge is 0.263 e. The Labute approximate surface area is 129 Å². The van der Waals surface area contributed by atoms with E-state index in [0.717, 1.165) is 29.8 Å². The number of nitrogens with zero attached hydrogens (tertiary/aromatic N) is 1. The molecule has 2 rings (SSSR count). The van der Waals surface area contributed by atoms with E-state index >= 15 is 0 Å². The van der Waals surface area contributed by atoms with Gasteiger partial charge in [-0.25, -0.2) is 0 Å². The molecule has 1 saturated heterocycles. The number of hydrogen-bond donors (Lipinski definition) is 2. The highest BCUT2D eigenvalue weighted by atomic mass is 32.1. The summed E-state index contributed by atoms with van der Waals surface area (Å²) in [5.41, 5.74) is 6.55. The zero-order chi connectivity index (χ0) is 15.4. The largest absolute Gasteiger partial charge is 0.355 e. The van der Waals surface area contributed by atoms with Crippen LogP contribution in [0.3, 0.4) is 0 Å². The van der Waals surface area contributed by atoms with Gasteiger partial charge in [0, 0.05) is 31.1 Å². The summed E-state index contributed by atoms with van der Waals surface area (Å²) in [6, 6.07) is 1.94. The fourth-order valence-corrected chi connectivity index (χ4v) is 3.55. The van der Waals surface area contributed by atoms with Crippen molar-refractivity contribution in [2.75, 3.05) is 26.2 Å². The molecular formula is C15H23N3O2S. The van der Waals surface area contributed by atoms with Crippen molar-refractivity contribution in [3.8, 4) is 0 Å². The van der Waals surface area contributed by atoms with Crippen LogP contribution in [0, 0.1) is 19.8 Å². The number of likely N-dealkylation sites (tertiary alicyclic amines) is 1. The number of carbonyl (C=O) groups is 2. The number of thiophene rings is 1. The molecule has 116 valence electrons. The van der Waals surface area contributed by atoms with Gasteiger partial charge in [-0.2, -0.15) is 0 Å². The minimum absolute atomic E-state index is 0.0106. The Hall–Kier alpha value is -1.40. The van der Waals surface area contributed by atoms with Crippen molar-refractivity contribution < 1.29 is 9.59 Å². The molecule has 0 aliphatic carbocycles. The van der Waals surface area contributed by atoms with E-state index in [1.807, 2.05) is 19.9 Å². The Kier molecular flexibility index (Phi) is 5.36. The molecule has 0 saturated carbocycles. The predicted molar refractivity (Wildman–Crippen MR) is 84.5 cm³/mol. The van der Waals surface area contributed by atoms with Gasteiger partial charge in [0.1, 0.15) is 0 Å². The monoisotopic (exact) mass is 309 g/mol. The Morgan fingerprint density at radius 2 is 2.24 bits per heavy atom. The van der Waals surface area contributed by atoms with Crippen molar-refractivity contribution >= 4 is 23.2 Å². The first-order valence-electron chi connectivity index (χ1n) is 7.37. The van der Waals surface area contributed by atoms with Crippen LogP contribution in [-0.4, -0.2) is 42.9 Å². The van der Waals surface area contributed by atoms with E-state index in [9.17, 15) is 9.59 Å². The number of nitrogens with one attached hydrogen (secondary N) is 1. The normalized spacial score (nSPS) is 18.6. The van der Waals surface area contributed by atoms with Gasteiger partial charge in [-0.3, -0.25) is 9.59 Å². The Bertz CT molecular complexity index is 507. The average Bonchev–Trinajstić information content (AvgIpc) is 2.83. The Morgan fingerprint density at radius 3 is 2.86 bits per heavy atom. The lowest BCUT2D eigenvalue weighted by molar-refractivity contribution is -0.126. The lowest BCUT2D eigenvalue weighted by Gasteiger charge is -2.31. The topological polar surface area (TPSA) is 75.4 Å². The Morgan fingerprint density at radius 1 is 1.48 bits per heavy atom. The molecule has 1 aromatic rings. The molecule has 1 aromatic heterocycles. The number of piperidine rings is 1. The highest BCUT2D eigenvalue weighted by Gasteiger charge is 2.29. The van der Waals surface area contributed by atoms with Crippen molar-refractivity contribution in [1.82, 2.24) is 10.2 Å². The van der Waals surface area contributed by atoms with Crippen LogP contribution in [0.2, 0.25) is 0 Å². The van der Waals surface area contributed by atoms with Gasteiger partial charge in [-0.05, 0) is 38.3 Å². The standard InChI is InChI=1S/C15H23N3O2S/c1-10-8-13(21-11(10)2)15(20)18-7-3-4-12(9-18)14(19)17-6-5-16/h8,12H,3-7,9,16H2,1-2H3,(H,17,19). The summed E-state index contributed by atoms with van der Waals surface area (Å²) in [4.78, 5) is 28.3. The first-order valence-corrected chi connectivity index (χ1v) is 8.18. The molecule has 6 heteroatoms. The SMILES string of the molecule is Cc1cc(C(=O)N2CCCC(C(=O)NCCN)C2)sc1C. The first-order chi connectivity index (χ1) is 10.0. The van der Waals surface area contributed by atoms with Gasteiger partial charge in [-0.15, -0.1) is 11.3 Å². The first kappa shape index (κ1) is 16.0. The summed E-state index contributed by atoms with van der Waals surface area (Å²) in [7, 11) is 0. The van der Waals surface area contributed by atoms with Gasteiger partial charge in [0.25, 0.3) is 5.91 Å². The number of aryl methyl sites for hydroxylation is 2. The van der Waals surface area contributed by atoms with Crippen molar-refractivity contribution in [2.24, 2.45) is 11.7 Å². The number of carbonyl (C=O) groups excluding carboxylic acids is 2. The van der Waals surface area contributed by atoms with Gasteiger partial charge in [-0.1, -0.05) is 0 Å². The third-order valence-electron chi connectivity index (χ3n) is 3.90. The molecule has 3 N–H and O–H groups in total. The fraction of sp³-hybridized carbons (Fsp3) is 0.600. The average molecular weight is 309 g/mol. The molecule has 0 bridgehead atoms. The van der Waals surface area contributed by atoms with Crippen molar-refractivity contribution in [3.63, 3.8) is 0 Å². The van der Waals surface area contributed by atoms with Crippen LogP contribution in [0.25, 0.3) is 0 Å². The molecule has 2 heterocycles. The highest BCUT2D eigenvalue weighted by molar-refractivity contribution is 7.14. The van der Waals surface area contributed by atoms with Gasteiger partial charge in [0.2, 0.25) is 5.91 Å². The summed E-state index contributed by atoms with van der Waals surface area (Å²) in [5, 5.41) is 2.82. The van der Waals surface area contributed by atoms with Crippen LogP contribution in [0.1, 0.15) is 33.0 Å². The summed E-state index contributed by atoms with van der Waals surface area (Å²) in [6.07, 6.45) is 1.71. The maximum absolute atomic E-state index is 12.5. The lowest BCUT2D eigenvalue weighted by atomic mass is 9.97. The number of rotatable bonds is 4. The van der Waals surface area contributed by atoms with Crippen molar-refractivity contribution in [2.45, 2.75) is 26.7 Å². The molecule has 1 fully saturated rings. The third kappa shape index (κ3) is 3.83. The molecule has 1 atom stereocenters. The quantitative estimate of drug-likeness (QED) is 0.880. The predicted octanol–water partition coefficient (Wildman–Crippen LogP) is 1.29. The van der Waals surface area contributed by atoms with E-state index in [0.29, 0.717) is 19.6 Å². The molecule has 0 radical (unpaired) electrons. The van der Waals surface area contributed by atoms with E-state index in [1.54, 1.807) is 4.90 Å². The van der Waals surface area contributed by atoms with Crippen LogP contribution in [0.4, 0.5) is 0 Å². The van der Waals surface area contributed by atoms with Crippen LogP contribution in [-0.2, 0) is 4.79 Å². The maximum Gasteiger partial charge on any atom is 0.263 e. The second kappa shape index (κ2) is 7.04. The molecule has 0 aromatic carbocycles. The second-order valence-electron chi connectivity index (χ2n) is 5.52. The zero-order valence-corrected chi connectivity index (χ0v) is 13.5. The van der Waals surface area contributed by atoms with Crippen molar-refractivity contribution in [3.05, 3.63) is 21.4 Å². The molecule has 1 aliphatic heterocycles. The van der Waals surface area contributed by atoms with E-state index < -0.39 is 0 Å². The fourth-order valence-electron chi connectivity index (χ4n) is 2.55. The minimum atomic E-state index is -0.114. The number of hydrogen-bond acceptors (Lipinski definition) is 4. The molecule has 21 heavy (non-hydrogen) atoms. The summed E-state index contributed by atoms with van der Waals surface area (Å²) in [6.45, 7) is 6.21. The van der Waals surface area contributed by atoms with E-state index in [2.05, 4.69) is 5.32 Å². The van der Waals surface area contributed by atoms with Crippen LogP contribution in [0.5, 0.6) is 0 Å². The third-order valence-corrected chi connectivity index (χ3v) is 5.04. The molecule has 5 nitrogen and oxygen atoms in total. The highest BCUT2D eigenvalue weighted by Crippen LogP contribution is 2.25. The van der Waals surface area contributed by atoms with Gasteiger partial charge in [0.05, 0.1) is 10.8 Å². The van der Waals surface area contributed by atoms with Gasteiger partial charge >= 0.3 is 0 Å². The molecule has 2 amide bonds.